The predicted octanol–water partition coefficient (Wildman–Crippen LogP) is 3.78. The van der Waals surface area contributed by atoms with Crippen LogP contribution in [0.4, 0.5) is 5.69 Å². The van der Waals surface area contributed by atoms with Crippen LogP contribution in [0.1, 0.15) is 26.5 Å². The van der Waals surface area contributed by atoms with E-state index >= 15 is 0 Å². The van der Waals surface area contributed by atoms with E-state index in [2.05, 4.69) is 5.32 Å². The van der Waals surface area contributed by atoms with Gasteiger partial charge in [0.1, 0.15) is 5.58 Å². The molecule has 3 rings (SSSR count). The number of furan rings is 1. The molecule has 0 fully saturated rings. The molecule has 2 aromatic carbocycles. The van der Waals surface area contributed by atoms with Crippen molar-refractivity contribution >= 4 is 28.5 Å². The first-order valence-corrected chi connectivity index (χ1v) is 7.08. The van der Waals surface area contributed by atoms with Gasteiger partial charge in [0.05, 0.1) is 18.4 Å². The van der Waals surface area contributed by atoms with Gasteiger partial charge in [-0.15, -0.1) is 0 Å². The highest BCUT2D eigenvalue weighted by Crippen LogP contribution is 2.23. The Hall–Kier alpha value is -3.08. The van der Waals surface area contributed by atoms with Gasteiger partial charge < -0.3 is 14.5 Å². The highest BCUT2D eigenvalue weighted by atomic mass is 16.5. The lowest BCUT2D eigenvalue weighted by molar-refractivity contribution is 0.0601. The highest BCUT2D eigenvalue weighted by molar-refractivity contribution is 6.08. The molecule has 0 aliphatic heterocycles. The first-order chi connectivity index (χ1) is 11.1. The fourth-order valence-corrected chi connectivity index (χ4v) is 2.42. The third-order valence-electron chi connectivity index (χ3n) is 3.56. The zero-order valence-corrected chi connectivity index (χ0v) is 12.8. The summed E-state index contributed by atoms with van der Waals surface area (Å²) in [5, 5.41) is 3.55. The molecule has 0 spiro atoms. The first-order valence-electron chi connectivity index (χ1n) is 7.08. The first kappa shape index (κ1) is 14.8. The van der Waals surface area contributed by atoms with Crippen LogP contribution in [0.3, 0.4) is 0 Å². The number of anilines is 1. The van der Waals surface area contributed by atoms with Gasteiger partial charge >= 0.3 is 5.97 Å². The van der Waals surface area contributed by atoms with Crippen molar-refractivity contribution in [1.82, 2.24) is 0 Å². The second-order valence-electron chi connectivity index (χ2n) is 5.09. The average molecular weight is 309 g/mol. The molecular weight excluding hydrogens is 294 g/mol. The number of nitrogens with one attached hydrogen (secondary N) is 1. The molecule has 0 unspecified atom stereocenters. The number of carbonyl (C=O) groups is 2. The lowest BCUT2D eigenvalue weighted by Crippen LogP contribution is -2.15. The van der Waals surface area contributed by atoms with Crippen LogP contribution in [0.5, 0.6) is 0 Å². The number of rotatable bonds is 3. The Morgan fingerprint density at radius 3 is 2.61 bits per heavy atom. The van der Waals surface area contributed by atoms with Crippen LogP contribution in [0.2, 0.25) is 0 Å². The predicted molar refractivity (Wildman–Crippen MR) is 86.7 cm³/mol. The lowest BCUT2D eigenvalue weighted by Gasteiger charge is -2.11. The standard InChI is InChI=1S/C18H15NO4/c1-11-6-5-8-13(16(11)18(21)22-2)19-17(20)15-10-12-7-3-4-9-14(12)23-15/h3-10H,1-2H3,(H,19,20). The monoisotopic (exact) mass is 309 g/mol. The van der Waals surface area contributed by atoms with Gasteiger partial charge in [-0.2, -0.15) is 0 Å². The summed E-state index contributed by atoms with van der Waals surface area (Å²) < 4.78 is 10.3. The summed E-state index contributed by atoms with van der Waals surface area (Å²) >= 11 is 0. The summed E-state index contributed by atoms with van der Waals surface area (Å²) in [6.45, 7) is 1.78. The van der Waals surface area contributed by atoms with E-state index in [0.717, 1.165) is 10.9 Å². The van der Waals surface area contributed by atoms with Crippen LogP contribution >= 0.6 is 0 Å². The smallest absolute Gasteiger partial charge is 0.340 e. The van der Waals surface area contributed by atoms with Gasteiger partial charge in [-0.3, -0.25) is 4.79 Å². The van der Waals surface area contributed by atoms with E-state index in [-0.39, 0.29) is 5.76 Å². The number of methoxy groups -OCH3 is 1. The fourth-order valence-electron chi connectivity index (χ4n) is 2.42. The van der Waals surface area contributed by atoms with E-state index in [1.807, 2.05) is 18.2 Å². The van der Waals surface area contributed by atoms with Crippen molar-refractivity contribution in [2.75, 3.05) is 12.4 Å². The molecule has 5 heteroatoms. The number of benzene rings is 2. The number of esters is 1. The Kier molecular flexibility index (Phi) is 3.85. The molecule has 1 heterocycles. The molecule has 0 aliphatic rings. The SMILES string of the molecule is COC(=O)c1c(C)cccc1NC(=O)c1cc2ccccc2o1. The van der Waals surface area contributed by atoms with Crippen LogP contribution in [0, 0.1) is 6.92 Å². The molecule has 23 heavy (non-hydrogen) atoms. The van der Waals surface area contributed by atoms with Crippen molar-refractivity contribution in [2.24, 2.45) is 0 Å². The molecule has 0 atom stereocenters. The minimum atomic E-state index is -0.497. The number of fused-ring (bicyclic) bond motifs is 1. The number of para-hydroxylation sites is 1. The molecule has 3 aromatic rings. The van der Waals surface area contributed by atoms with Gasteiger partial charge in [0.25, 0.3) is 5.91 Å². The third-order valence-corrected chi connectivity index (χ3v) is 3.56. The minimum Gasteiger partial charge on any atom is -0.465 e. The summed E-state index contributed by atoms with van der Waals surface area (Å²) in [5.74, 6) is -0.733. The number of carbonyl (C=O) groups excluding carboxylic acids is 2. The molecule has 0 radical (unpaired) electrons. The molecule has 0 saturated heterocycles. The third kappa shape index (κ3) is 2.81. The second kappa shape index (κ2) is 5.96. The van der Waals surface area contributed by atoms with Crippen molar-refractivity contribution in [3.63, 3.8) is 0 Å². The molecule has 1 aromatic heterocycles. The van der Waals surface area contributed by atoms with Gasteiger partial charge in [-0.25, -0.2) is 4.79 Å². The Morgan fingerprint density at radius 2 is 1.87 bits per heavy atom. The molecule has 5 nitrogen and oxygen atoms in total. The second-order valence-corrected chi connectivity index (χ2v) is 5.09. The molecule has 116 valence electrons. The Morgan fingerprint density at radius 1 is 1.09 bits per heavy atom. The maximum absolute atomic E-state index is 12.4. The summed E-state index contributed by atoms with van der Waals surface area (Å²) in [7, 11) is 1.31. The maximum atomic E-state index is 12.4. The number of aryl methyl sites for hydroxylation is 1. The van der Waals surface area contributed by atoms with Crippen molar-refractivity contribution in [1.29, 1.82) is 0 Å². The lowest BCUT2D eigenvalue weighted by atomic mass is 10.1. The average Bonchev–Trinajstić information content (AvgIpc) is 2.98. The molecule has 0 aliphatic carbocycles. The number of amides is 1. The summed E-state index contributed by atoms with van der Waals surface area (Å²) in [4.78, 5) is 24.3. The van der Waals surface area contributed by atoms with E-state index in [1.54, 1.807) is 37.3 Å². The quantitative estimate of drug-likeness (QED) is 0.748. The maximum Gasteiger partial charge on any atom is 0.340 e. The van der Waals surface area contributed by atoms with Gasteiger partial charge in [0, 0.05) is 5.39 Å². The van der Waals surface area contributed by atoms with Crippen LogP contribution in [0.15, 0.2) is 52.9 Å². The largest absolute Gasteiger partial charge is 0.465 e. The summed E-state index contributed by atoms with van der Waals surface area (Å²) in [6, 6.07) is 14.2. The molecular formula is C18H15NO4. The van der Waals surface area contributed by atoms with Crippen molar-refractivity contribution < 1.29 is 18.7 Å². The molecule has 0 bridgehead atoms. The number of hydrogen-bond donors (Lipinski definition) is 1. The number of ether oxygens (including phenoxy) is 1. The van der Waals surface area contributed by atoms with Gasteiger partial charge in [-0.05, 0) is 30.7 Å². The fraction of sp³-hybridized carbons (Fsp3) is 0.111. The molecule has 0 saturated carbocycles. The van der Waals surface area contributed by atoms with Crippen molar-refractivity contribution in [3.8, 4) is 0 Å². The Labute approximate surface area is 132 Å². The molecule has 1 N–H and O–H groups in total. The Bertz CT molecular complexity index is 862. The normalized spacial score (nSPS) is 10.5. The van der Waals surface area contributed by atoms with Gasteiger partial charge in [-0.1, -0.05) is 30.3 Å². The summed E-state index contributed by atoms with van der Waals surface area (Å²) in [5.41, 5.74) is 2.08. The van der Waals surface area contributed by atoms with Crippen molar-refractivity contribution in [3.05, 3.63) is 65.4 Å². The van der Waals surface area contributed by atoms with Crippen LogP contribution in [0.25, 0.3) is 11.0 Å². The molecule has 1 amide bonds. The van der Waals surface area contributed by atoms with Crippen LogP contribution in [-0.4, -0.2) is 19.0 Å². The zero-order valence-electron chi connectivity index (χ0n) is 12.8. The van der Waals surface area contributed by atoms with E-state index in [0.29, 0.717) is 16.8 Å². The van der Waals surface area contributed by atoms with E-state index in [9.17, 15) is 9.59 Å². The number of hydrogen-bond acceptors (Lipinski definition) is 4. The van der Waals surface area contributed by atoms with Gasteiger partial charge in [0.2, 0.25) is 0 Å². The van der Waals surface area contributed by atoms with E-state index < -0.39 is 11.9 Å². The van der Waals surface area contributed by atoms with Crippen molar-refractivity contribution in [2.45, 2.75) is 6.92 Å². The highest BCUT2D eigenvalue weighted by Gasteiger charge is 2.18. The minimum absolute atomic E-state index is 0.184. The Balaban J connectivity index is 1.94. The van der Waals surface area contributed by atoms with E-state index in [4.69, 9.17) is 9.15 Å². The summed E-state index contributed by atoms with van der Waals surface area (Å²) in [6.07, 6.45) is 0. The van der Waals surface area contributed by atoms with Crippen LogP contribution < -0.4 is 5.32 Å². The van der Waals surface area contributed by atoms with Gasteiger partial charge in [0.15, 0.2) is 5.76 Å². The zero-order chi connectivity index (χ0) is 16.4. The van der Waals surface area contributed by atoms with Crippen LogP contribution in [-0.2, 0) is 4.74 Å². The topological polar surface area (TPSA) is 68.5 Å². The van der Waals surface area contributed by atoms with E-state index in [1.165, 1.54) is 7.11 Å².